The number of carbonyl (C=O) groups is 1. The Balaban J connectivity index is 1.47. The number of alkyl carbamates (subject to hydrolysis) is 1. The van der Waals surface area contributed by atoms with Gasteiger partial charge in [-0.3, -0.25) is 9.13 Å². The van der Waals surface area contributed by atoms with Crippen molar-refractivity contribution in [2.75, 3.05) is 29.9 Å². The molecule has 3 atom stereocenters. The van der Waals surface area contributed by atoms with Crippen LogP contribution in [0.4, 0.5) is 22.2 Å². The first-order valence-corrected chi connectivity index (χ1v) is 12.4. The van der Waals surface area contributed by atoms with Crippen LogP contribution in [-0.2, 0) is 23.1 Å². The van der Waals surface area contributed by atoms with Gasteiger partial charge >= 0.3 is 11.8 Å². The number of hydrogen-bond donors (Lipinski definition) is 2. The number of fused-ring (bicyclic) bond motifs is 1. The third-order valence-electron chi connectivity index (χ3n) is 6.80. The van der Waals surface area contributed by atoms with E-state index in [0.717, 1.165) is 5.52 Å². The first-order valence-electron chi connectivity index (χ1n) is 12.0. The lowest BCUT2D eigenvalue weighted by Crippen LogP contribution is -2.46. The van der Waals surface area contributed by atoms with Gasteiger partial charge in [0.15, 0.2) is 5.82 Å². The van der Waals surface area contributed by atoms with Crippen molar-refractivity contribution in [2.24, 2.45) is 7.05 Å². The van der Waals surface area contributed by atoms with Crippen LogP contribution in [0.1, 0.15) is 27.2 Å². The van der Waals surface area contributed by atoms with Crippen LogP contribution in [-0.4, -0.2) is 62.6 Å². The fourth-order valence-electron chi connectivity index (χ4n) is 4.90. The van der Waals surface area contributed by atoms with Crippen molar-refractivity contribution in [1.29, 1.82) is 0 Å². The third-order valence-corrected chi connectivity index (χ3v) is 7.07. The number of cyclic esters (lactones) is 1. The van der Waals surface area contributed by atoms with E-state index in [1.54, 1.807) is 22.4 Å². The van der Waals surface area contributed by atoms with Crippen molar-refractivity contribution in [3.8, 4) is 0 Å². The smallest absolute Gasteiger partial charge is 0.407 e. The fourth-order valence-corrected chi connectivity index (χ4v) is 5.04. The predicted octanol–water partition coefficient (Wildman–Crippen LogP) is 3.03. The third kappa shape index (κ3) is 4.48. The fraction of sp³-hybridized carbons (Fsp3) is 0.500. The van der Waals surface area contributed by atoms with E-state index in [1.165, 1.54) is 0 Å². The molecule has 2 aromatic heterocycles. The summed E-state index contributed by atoms with van der Waals surface area (Å²) in [5.74, 6) is 1.04. The molecular formula is C24H30ClN7O4. The molecular weight excluding hydrogens is 486 g/mol. The summed E-state index contributed by atoms with van der Waals surface area (Å²) in [5.41, 5.74) is 1.22. The maximum atomic E-state index is 13.1. The zero-order valence-electron chi connectivity index (χ0n) is 20.7. The van der Waals surface area contributed by atoms with E-state index in [1.807, 2.05) is 39.0 Å². The molecule has 2 saturated heterocycles. The van der Waals surface area contributed by atoms with Crippen LogP contribution in [0.3, 0.4) is 0 Å². The summed E-state index contributed by atoms with van der Waals surface area (Å²) in [4.78, 5) is 36.0. The van der Waals surface area contributed by atoms with Gasteiger partial charge < -0.3 is 25.0 Å². The molecule has 1 amide bonds. The Morgan fingerprint density at radius 1 is 1.22 bits per heavy atom. The highest BCUT2D eigenvalue weighted by atomic mass is 35.5. The zero-order valence-corrected chi connectivity index (χ0v) is 21.5. The molecule has 5 rings (SSSR count). The normalized spacial score (nSPS) is 24.1. The highest BCUT2D eigenvalue weighted by molar-refractivity contribution is 6.32. The van der Waals surface area contributed by atoms with Crippen LogP contribution in [0.5, 0.6) is 0 Å². The van der Waals surface area contributed by atoms with E-state index in [2.05, 4.69) is 25.5 Å². The van der Waals surface area contributed by atoms with Crippen molar-refractivity contribution < 1.29 is 14.3 Å². The Hall–Kier alpha value is -3.31. The second-order valence-electron chi connectivity index (χ2n) is 9.56. The number of benzene rings is 1. The molecule has 0 bridgehead atoms. The van der Waals surface area contributed by atoms with E-state index < -0.39 is 11.7 Å². The van der Waals surface area contributed by atoms with Gasteiger partial charge in [0, 0.05) is 25.8 Å². The van der Waals surface area contributed by atoms with E-state index in [-0.39, 0.29) is 24.4 Å². The number of aromatic nitrogens is 4. The molecule has 4 heterocycles. The molecule has 1 unspecified atom stereocenters. The maximum Gasteiger partial charge on any atom is 0.407 e. The lowest BCUT2D eigenvalue weighted by molar-refractivity contribution is -0.00571. The maximum absolute atomic E-state index is 13.1. The molecule has 2 fully saturated rings. The Bertz CT molecular complexity index is 1360. The number of anilines is 3. The predicted molar refractivity (Wildman–Crippen MR) is 137 cm³/mol. The van der Waals surface area contributed by atoms with E-state index in [0.29, 0.717) is 54.0 Å². The highest BCUT2D eigenvalue weighted by Crippen LogP contribution is 2.29. The van der Waals surface area contributed by atoms with Crippen LogP contribution in [0.25, 0.3) is 11.0 Å². The summed E-state index contributed by atoms with van der Waals surface area (Å²) < 4.78 is 14.6. The average Bonchev–Trinajstić information content (AvgIpc) is 3.33. The largest absolute Gasteiger partial charge is 0.439 e. The molecule has 0 saturated carbocycles. The van der Waals surface area contributed by atoms with Gasteiger partial charge in [-0.15, -0.1) is 0 Å². The SMILES string of the molecule is CCC1(Cn2c(=O)n(C)c3ccc(Nc4nc(N5C[C@@H](C)O[C@@H](C)C5)ncc4Cl)cc32)CNC(=O)O1. The summed E-state index contributed by atoms with van der Waals surface area (Å²) in [6.07, 6.45) is 1.83. The molecule has 12 heteroatoms. The number of rotatable bonds is 6. The number of halogens is 1. The summed E-state index contributed by atoms with van der Waals surface area (Å²) in [5, 5.41) is 6.37. The topological polar surface area (TPSA) is 116 Å². The Labute approximate surface area is 213 Å². The number of nitrogens with zero attached hydrogens (tertiary/aromatic N) is 5. The minimum atomic E-state index is -0.782. The Kier molecular flexibility index (Phi) is 6.29. The Morgan fingerprint density at radius 2 is 1.97 bits per heavy atom. The summed E-state index contributed by atoms with van der Waals surface area (Å²) in [6, 6.07) is 5.62. The minimum absolute atomic E-state index is 0.0717. The van der Waals surface area contributed by atoms with Crippen LogP contribution < -0.4 is 21.2 Å². The van der Waals surface area contributed by atoms with Gasteiger partial charge in [0.05, 0.1) is 42.5 Å². The van der Waals surface area contributed by atoms with Gasteiger partial charge in [-0.05, 0) is 38.5 Å². The number of imidazole rings is 1. The van der Waals surface area contributed by atoms with Crippen LogP contribution >= 0.6 is 11.6 Å². The summed E-state index contributed by atoms with van der Waals surface area (Å²) >= 11 is 6.44. The standard InChI is InChI=1S/C24H30ClN7O4/c1-5-24(12-27-22(33)36-24)13-32-19-8-16(6-7-18(19)30(4)23(32)34)28-20-17(25)9-26-21(29-20)31-10-14(2)35-15(3)11-31/h6-9,14-15H,5,10-13H2,1-4H3,(H,27,33)(H,26,28,29)/t14-,15+,24?. The lowest BCUT2D eigenvalue weighted by atomic mass is 10.0. The minimum Gasteiger partial charge on any atom is -0.439 e. The lowest BCUT2D eigenvalue weighted by Gasteiger charge is -2.35. The van der Waals surface area contributed by atoms with E-state index in [4.69, 9.17) is 21.1 Å². The van der Waals surface area contributed by atoms with Crippen molar-refractivity contribution in [3.05, 3.63) is 39.9 Å². The second-order valence-corrected chi connectivity index (χ2v) is 9.97. The first-order chi connectivity index (χ1) is 17.2. The number of nitrogens with one attached hydrogen (secondary N) is 2. The quantitative estimate of drug-likeness (QED) is 0.514. The van der Waals surface area contributed by atoms with Crippen molar-refractivity contribution in [1.82, 2.24) is 24.4 Å². The highest BCUT2D eigenvalue weighted by Gasteiger charge is 2.40. The monoisotopic (exact) mass is 515 g/mol. The Morgan fingerprint density at radius 3 is 2.64 bits per heavy atom. The first kappa shape index (κ1) is 24.4. The number of carbonyl (C=O) groups excluding carboxylic acids is 1. The van der Waals surface area contributed by atoms with Gasteiger partial charge in [0.25, 0.3) is 0 Å². The average molecular weight is 516 g/mol. The van der Waals surface area contributed by atoms with Crippen molar-refractivity contribution in [3.63, 3.8) is 0 Å². The molecule has 3 aromatic rings. The van der Waals surface area contributed by atoms with Gasteiger partial charge in [0.2, 0.25) is 5.95 Å². The summed E-state index contributed by atoms with van der Waals surface area (Å²) in [6.45, 7) is 7.96. The van der Waals surface area contributed by atoms with Crippen LogP contribution in [0.2, 0.25) is 5.02 Å². The zero-order chi connectivity index (χ0) is 25.6. The van der Waals surface area contributed by atoms with E-state index in [9.17, 15) is 9.59 Å². The van der Waals surface area contributed by atoms with E-state index >= 15 is 0 Å². The number of hydrogen-bond acceptors (Lipinski definition) is 8. The van der Waals surface area contributed by atoms with Gasteiger partial charge in [-0.1, -0.05) is 18.5 Å². The molecule has 0 aliphatic carbocycles. The number of ether oxygens (including phenoxy) is 2. The van der Waals surface area contributed by atoms with Gasteiger partial charge in [-0.2, -0.15) is 4.98 Å². The molecule has 11 nitrogen and oxygen atoms in total. The molecule has 2 aliphatic heterocycles. The summed E-state index contributed by atoms with van der Waals surface area (Å²) in [7, 11) is 1.73. The molecule has 1 aromatic carbocycles. The molecule has 36 heavy (non-hydrogen) atoms. The second kappa shape index (κ2) is 9.29. The van der Waals surface area contributed by atoms with Crippen molar-refractivity contribution >= 4 is 46.2 Å². The molecule has 2 N–H and O–H groups in total. The molecule has 192 valence electrons. The van der Waals surface area contributed by atoms with Crippen LogP contribution in [0.15, 0.2) is 29.2 Å². The number of morpholine rings is 1. The van der Waals surface area contributed by atoms with Gasteiger partial charge in [0.1, 0.15) is 10.6 Å². The number of amides is 1. The van der Waals surface area contributed by atoms with Gasteiger partial charge in [-0.25, -0.2) is 14.6 Å². The number of aryl methyl sites for hydroxylation is 1. The molecule has 0 radical (unpaired) electrons. The molecule has 0 spiro atoms. The van der Waals surface area contributed by atoms with Crippen molar-refractivity contribution in [2.45, 2.75) is 51.5 Å². The van der Waals surface area contributed by atoms with Crippen LogP contribution in [0, 0.1) is 0 Å². The molecule has 2 aliphatic rings.